The van der Waals surface area contributed by atoms with Gasteiger partial charge in [0.2, 0.25) is 0 Å². The lowest BCUT2D eigenvalue weighted by molar-refractivity contribution is -0.147. The third-order valence-electron chi connectivity index (χ3n) is 5.23. The molecule has 0 saturated heterocycles. The Morgan fingerprint density at radius 1 is 1.28 bits per heavy atom. The van der Waals surface area contributed by atoms with Crippen LogP contribution in [-0.4, -0.2) is 27.8 Å². The molecule has 0 N–H and O–H groups in total. The molecule has 4 nitrogen and oxygen atoms in total. The predicted molar refractivity (Wildman–Crippen MR) is 102 cm³/mol. The molecule has 0 radical (unpaired) electrons. The molecule has 2 aliphatic carbocycles. The SMILES string of the molecule is C[C@@H]1CCC[C@@H](OC(=O)CSc2ncnc3sc4c(c23)CCCC4)C1. The second kappa shape index (κ2) is 7.62. The van der Waals surface area contributed by atoms with Gasteiger partial charge >= 0.3 is 5.97 Å². The van der Waals surface area contributed by atoms with Crippen LogP contribution in [0.25, 0.3) is 10.2 Å². The molecule has 2 atom stereocenters. The van der Waals surface area contributed by atoms with Gasteiger partial charge in [0.1, 0.15) is 22.3 Å². The van der Waals surface area contributed by atoms with Crippen molar-refractivity contribution in [2.24, 2.45) is 5.92 Å². The molecule has 0 unspecified atom stereocenters. The number of aromatic nitrogens is 2. The Labute approximate surface area is 156 Å². The fourth-order valence-corrected chi connectivity index (χ4v) is 6.11. The first kappa shape index (κ1) is 17.3. The summed E-state index contributed by atoms with van der Waals surface area (Å²) >= 11 is 3.30. The van der Waals surface area contributed by atoms with Gasteiger partial charge in [-0.15, -0.1) is 11.3 Å². The number of nitrogens with zero attached hydrogens (tertiary/aromatic N) is 2. The molecule has 134 valence electrons. The van der Waals surface area contributed by atoms with Crippen LogP contribution < -0.4 is 0 Å². The molecule has 1 saturated carbocycles. The quantitative estimate of drug-likeness (QED) is 0.436. The Morgan fingerprint density at radius 3 is 3.04 bits per heavy atom. The number of ether oxygens (including phenoxy) is 1. The molecule has 1 fully saturated rings. The molecule has 4 rings (SSSR count). The van der Waals surface area contributed by atoms with Crippen molar-refractivity contribution in [3.05, 3.63) is 16.8 Å². The van der Waals surface area contributed by atoms with Crippen molar-refractivity contribution in [1.82, 2.24) is 9.97 Å². The maximum absolute atomic E-state index is 12.3. The molecule has 0 amide bonds. The summed E-state index contributed by atoms with van der Waals surface area (Å²) in [6.07, 6.45) is 10.9. The van der Waals surface area contributed by atoms with Crippen LogP contribution in [0.5, 0.6) is 0 Å². The van der Waals surface area contributed by atoms with Gasteiger partial charge < -0.3 is 4.74 Å². The summed E-state index contributed by atoms with van der Waals surface area (Å²) in [6, 6.07) is 0. The topological polar surface area (TPSA) is 52.1 Å². The van der Waals surface area contributed by atoms with Gasteiger partial charge in [-0.05, 0) is 56.4 Å². The lowest BCUT2D eigenvalue weighted by Gasteiger charge is -2.26. The summed E-state index contributed by atoms with van der Waals surface area (Å²) in [7, 11) is 0. The van der Waals surface area contributed by atoms with E-state index in [4.69, 9.17) is 4.74 Å². The van der Waals surface area contributed by atoms with Crippen LogP contribution in [0.3, 0.4) is 0 Å². The molecule has 6 heteroatoms. The van der Waals surface area contributed by atoms with Gasteiger partial charge in [0.25, 0.3) is 0 Å². The number of thiophene rings is 1. The Morgan fingerprint density at radius 2 is 2.16 bits per heavy atom. The lowest BCUT2D eigenvalue weighted by Crippen LogP contribution is -2.25. The van der Waals surface area contributed by atoms with Gasteiger partial charge in [-0.2, -0.15) is 0 Å². The average Bonchev–Trinajstić information content (AvgIpc) is 2.99. The van der Waals surface area contributed by atoms with E-state index in [1.807, 2.05) is 0 Å². The van der Waals surface area contributed by atoms with Crippen molar-refractivity contribution in [2.45, 2.75) is 69.4 Å². The van der Waals surface area contributed by atoms with E-state index in [1.165, 1.54) is 53.3 Å². The van der Waals surface area contributed by atoms with E-state index in [0.717, 1.165) is 35.5 Å². The van der Waals surface area contributed by atoms with Crippen LogP contribution in [0.4, 0.5) is 0 Å². The maximum atomic E-state index is 12.3. The van der Waals surface area contributed by atoms with Crippen LogP contribution in [0.15, 0.2) is 11.4 Å². The average molecular weight is 377 g/mol. The minimum atomic E-state index is -0.111. The normalized spacial score (nSPS) is 23.4. The number of carbonyl (C=O) groups excluding carboxylic acids is 1. The second-order valence-corrected chi connectivity index (χ2v) is 9.29. The van der Waals surface area contributed by atoms with Gasteiger partial charge in [-0.1, -0.05) is 25.1 Å². The number of fused-ring (bicyclic) bond motifs is 3. The van der Waals surface area contributed by atoms with E-state index in [1.54, 1.807) is 17.7 Å². The second-order valence-electron chi connectivity index (χ2n) is 7.24. The van der Waals surface area contributed by atoms with E-state index in [2.05, 4.69) is 16.9 Å². The first-order chi connectivity index (χ1) is 12.2. The maximum Gasteiger partial charge on any atom is 0.316 e. The van der Waals surface area contributed by atoms with Crippen LogP contribution >= 0.6 is 23.1 Å². The fraction of sp³-hybridized carbons (Fsp3) is 0.632. The van der Waals surface area contributed by atoms with E-state index < -0.39 is 0 Å². The highest BCUT2D eigenvalue weighted by molar-refractivity contribution is 8.00. The highest BCUT2D eigenvalue weighted by Gasteiger charge is 2.23. The summed E-state index contributed by atoms with van der Waals surface area (Å²) in [4.78, 5) is 23.7. The molecule has 0 aromatic carbocycles. The van der Waals surface area contributed by atoms with E-state index in [9.17, 15) is 4.79 Å². The third-order valence-corrected chi connectivity index (χ3v) is 7.39. The molecule has 25 heavy (non-hydrogen) atoms. The number of hydrogen-bond donors (Lipinski definition) is 0. The monoisotopic (exact) mass is 376 g/mol. The first-order valence-corrected chi connectivity index (χ1v) is 11.1. The Hall–Kier alpha value is -1.14. The van der Waals surface area contributed by atoms with Crippen LogP contribution in [0.2, 0.25) is 0 Å². The van der Waals surface area contributed by atoms with Crippen molar-refractivity contribution in [3.63, 3.8) is 0 Å². The van der Waals surface area contributed by atoms with Gasteiger partial charge in [0.05, 0.1) is 5.75 Å². The number of carbonyl (C=O) groups is 1. The van der Waals surface area contributed by atoms with Crippen molar-refractivity contribution in [3.8, 4) is 0 Å². The van der Waals surface area contributed by atoms with Crippen LogP contribution in [0.1, 0.15) is 55.9 Å². The summed E-state index contributed by atoms with van der Waals surface area (Å²) in [5, 5.41) is 2.13. The standard InChI is InChI=1S/C19H24N2O2S2/c1-12-5-4-6-13(9-12)23-16(22)10-24-18-17-14-7-2-3-8-15(14)25-19(17)21-11-20-18/h11-13H,2-10H2,1H3/t12-,13-/m1/s1. The predicted octanol–water partition coefficient (Wildman–Crippen LogP) is 4.78. The number of esters is 1. The van der Waals surface area contributed by atoms with Gasteiger partial charge in [-0.3, -0.25) is 4.79 Å². The summed E-state index contributed by atoms with van der Waals surface area (Å²) in [5.74, 6) is 0.889. The molecule has 2 aliphatic rings. The highest BCUT2D eigenvalue weighted by Crippen LogP contribution is 2.39. The molecule has 2 aromatic heterocycles. The molecule has 2 heterocycles. The Bertz CT molecular complexity index is 774. The van der Waals surface area contributed by atoms with Gasteiger partial charge in [0.15, 0.2) is 0 Å². The van der Waals surface area contributed by atoms with Crippen molar-refractivity contribution < 1.29 is 9.53 Å². The number of thioether (sulfide) groups is 1. The Kier molecular flexibility index (Phi) is 5.27. The molecule has 0 aliphatic heterocycles. The van der Waals surface area contributed by atoms with Crippen LogP contribution in [-0.2, 0) is 22.4 Å². The van der Waals surface area contributed by atoms with Gasteiger partial charge in [-0.25, -0.2) is 9.97 Å². The molecular weight excluding hydrogens is 352 g/mol. The largest absolute Gasteiger partial charge is 0.462 e. The first-order valence-electron chi connectivity index (χ1n) is 9.28. The zero-order valence-electron chi connectivity index (χ0n) is 14.6. The van der Waals surface area contributed by atoms with E-state index in [-0.39, 0.29) is 12.1 Å². The zero-order chi connectivity index (χ0) is 17.2. The molecule has 0 bridgehead atoms. The lowest BCUT2D eigenvalue weighted by atomic mass is 9.89. The fourth-order valence-electron chi connectivity index (χ4n) is 4.00. The minimum absolute atomic E-state index is 0.108. The summed E-state index contributed by atoms with van der Waals surface area (Å²) in [5.41, 5.74) is 1.42. The summed E-state index contributed by atoms with van der Waals surface area (Å²) < 4.78 is 5.69. The highest BCUT2D eigenvalue weighted by atomic mass is 32.2. The van der Waals surface area contributed by atoms with Crippen molar-refractivity contribution in [2.75, 3.05) is 5.75 Å². The Balaban J connectivity index is 1.44. The number of rotatable bonds is 4. The third kappa shape index (κ3) is 3.85. The number of aryl methyl sites for hydroxylation is 2. The molecule has 0 spiro atoms. The van der Waals surface area contributed by atoms with Crippen molar-refractivity contribution >= 4 is 39.3 Å². The minimum Gasteiger partial charge on any atom is -0.462 e. The molecular formula is C19H24N2O2S2. The number of hydrogen-bond acceptors (Lipinski definition) is 6. The molecule has 2 aromatic rings. The summed E-state index contributed by atoms with van der Waals surface area (Å²) in [6.45, 7) is 2.24. The van der Waals surface area contributed by atoms with Crippen molar-refractivity contribution in [1.29, 1.82) is 0 Å². The van der Waals surface area contributed by atoms with Crippen LogP contribution in [0, 0.1) is 5.92 Å². The van der Waals surface area contributed by atoms with E-state index in [0.29, 0.717) is 11.7 Å². The smallest absolute Gasteiger partial charge is 0.316 e. The van der Waals surface area contributed by atoms with E-state index >= 15 is 0 Å². The zero-order valence-corrected chi connectivity index (χ0v) is 16.3. The van der Waals surface area contributed by atoms with Gasteiger partial charge in [0, 0.05) is 10.3 Å².